The van der Waals surface area contributed by atoms with Gasteiger partial charge in [0.1, 0.15) is 5.58 Å². The van der Waals surface area contributed by atoms with Gasteiger partial charge in [-0.15, -0.1) is 0 Å². The van der Waals surface area contributed by atoms with E-state index in [1.54, 1.807) is 17.2 Å². The lowest BCUT2D eigenvalue weighted by molar-refractivity contribution is 0.0720. The molecule has 0 fully saturated rings. The number of anilines is 1. The molecule has 104 valence electrons. The van der Waals surface area contributed by atoms with Crippen LogP contribution in [0, 0.1) is 0 Å². The largest absolute Gasteiger partial charge is 0.451 e. The van der Waals surface area contributed by atoms with Crippen LogP contribution in [0.3, 0.4) is 0 Å². The van der Waals surface area contributed by atoms with Crippen molar-refractivity contribution in [2.75, 3.05) is 5.73 Å². The number of furan rings is 1. The number of carbonyl (C=O) groups is 1. The van der Waals surface area contributed by atoms with E-state index in [1.807, 2.05) is 24.3 Å². The molecule has 0 saturated heterocycles. The predicted octanol–water partition coefficient (Wildman–Crippen LogP) is 1.96. The summed E-state index contributed by atoms with van der Waals surface area (Å²) in [6, 6.07) is 9.32. The van der Waals surface area contributed by atoms with E-state index < -0.39 is 0 Å². The van der Waals surface area contributed by atoms with Gasteiger partial charge in [-0.3, -0.25) is 4.79 Å². The lowest BCUT2D eigenvalue weighted by Crippen LogP contribution is -2.24. The fraction of sp³-hybridized carbons (Fsp3) is 0.133. The summed E-state index contributed by atoms with van der Waals surface area (Å²) in [6.07, 6.45) is 1.67. The van der Waals surface area contributed by atoms with Crippen molar-refractivity contribution in [3.05, 3.63) is 53.5 Å². The Hall–Kier alpha value is -2.89. The molecule has 0 bridgehead atoms. The fourth-order valence-electron chi connectivity index (χ4n) is 2.56. The molecule has 0 spiro atoms. The van der Waals surface area contributed by atoms with Crippen LogP contribution in [0.2, 0.25) is 0 Å². The molecule has 1 amide bonds. The number of benzene rings is 1. The molecular formula is C15H12N4O2. The zero-order valence-electron chi connectivity index (χ0n) is 11.1. The normalized spacial score (nSPS) is 13.6. The zero-order chi connectivity index (χ0) is 14.4. The number of hydrogen-bond acceptors (Lipinski definition) is 5. The monoisotopic (exact) mass is 280 g/mol. The molecule has 1 aliphatic heterocycles. The highest BCUT2D eigenvalue weighted by molar-refractivity contribution is 5.96. The van der Waals surface area contributed by atoms with Gasteiger partial charge in [0, 0.05) is 23.7 Å². The predicted molar refractivity (Wildman–Crippen MR) is 76.2 cm³/mol. The topological polar surface area (TPSA) is 85.2 Å². The lowest BCUT2D eigenvalue weighted by Gasteiger charge is -2.12. The Morgan fingerprint density at radius 2 is 2.14 bits per heavy atom. The number of carbonyl (C=O) groups excluding carboxylic acids is 1. The highest BCUT2D eigenvalue weighted by atomic mass is 16.3. The van der Waals surface area contributed by atoms with Crippen molar-refractivity contribution in [3.63, 3.8) is 0 Å². The van der Waals surface area contributed by atoms with Gasteiger partial charge in [0.05, 0.1) is 12.2 Å². The molecule has 6 nitrogen and oxygen atoms in total. The van der Waals surface area contributed by atoms with Crippen LogP contribution in [0.15, 0.2) is 40.9 Å². The number of rotatable bonds is 1. The number of amides is 1. The molecule has 3 aromatic rings. The molecule has 2 aromatic heterocycles. The molecule has 1 aliphatic rings. The van der Waals surface area contributed by atoms with Crippen LogP contribution in [0.25, 0.3) is 11.0 Å². The van der Waals surface area contributed by atoms with Gasteiger partial charge in [-0.25, -0.2) is 9.97 Å². The summed E-state index contributed by atoms with van der Waals surface area (Å²) in [6.45, 7) is 0.906. The van der Waals surface area contributed by atoms with E-state index in [-0.39, 0.29) is 11.9 Å². The van der Waals surface area contributed by atoms with Crippen LogP contribution in [-0.2, 0) is 13.1 Å². The van der Waals surface area contributed by atoms with Crippen molar-refractivity contribution in [3.8, 4) is 0 Å². The van der Waals surface area contributed by atoms with E-state index in [0.29, 0.717) is 24.4 Å². The number of nitrogens with two attached hydrogens (primary N) is 1. The number of nitrogen functional groups attached to an aromatic ring is 1. The standard InChI is InChI=1S/C15H12N4O2/c16-15-17-6-10-7-19(8-11(10)18-15)14(20)13-5-9-3-1-2-4-12(9)21-13/h1-6H,7-8H2,(H2,16,17,18). The number of fused-ring (bicyclic) bond motifs is 2. The van der Waals surface area contributed by atoms with Gasteiger partial charge in [0.15, 0.2) is 5.76 Å². The minimum absolute atomic E-state index is 0.150. The fourth-order valence-corrected chi connectivity index (χ4v) is 2.56. The van der Waals surface area contributed by atoms with E-state index in [2.05, 4.69) is 9.97 Å². The Kier molecular flexibility index (Phi) is 2.44. The summed E-state index contributed by atoms with van der Waals surface area (Å²) in [4.78, 5) is 22.3. The van der Waals surface area contributed by atoms with E-state index >= 15 is 0 Å². The number of aromatic nitrogens is 2. The van der Waals surface area contributed by atoms with Gasteiger partial charge in [0.2, 0.25) is 5.95 Å². The lowest BCUT2D eigenvalue weighted by atomic mass is 10.2. The quantitative estimate of drug-likeness (QED) is 0.736. The first kappa shape index (κ1) is 11.9. The van der Waals surface area contributed by atoms with Crippen LogP contribution in [0.1, 0.15) is 21.8 Å². The minimum Gasteiger partial charge on any atom is -0.451 e. The van der Waals surface area contributed by atoms with E-state index in [1.165, 1.54) is 0 Å². The molecule has 0 aliphatic carbocycles. The Morgan fingerprint density at radius 1 is 1.29 bits per heavy atom. The molecule has 3 heterocycles. The van der Waals surface area contributed by atoms with Gasteiger partial charge in [-0.2, -0.15) is 0 Å². The smallest absolute Gasteiger partial charge is 0.290 e. The second kappa shape index (κ2) is 4.31. The molecule has 0 saturated carbocycles. The molecule has 0 radical (unpaired) electrons. The third kappa shape index (κ3) is 1.92. The van der Waals surface area contributed by atoms with Crippen LogP contribution < -0.4 is 5.73 Å². The summed E-state index contributed by atoms with van der Waals surface area (Å²) < 4.78 is 5.61. The third-order valence-corrected chi connectivity index (χ3v) is 3.60. The first-order valence-corrected chi connectivity index (χ1v) is 6.59. The van der Waals surface area contributed by atoms with Crippen molar-refractivity contribution in [1.29, 1.82) is 0 Å². The van der Waals surface area contributed by atoms with Crippen molar-refractivity contribution in [1.82, 2.24) is 14.9 Å². The summed E-state index contributed by atoms with van der Waals surface area (Å²) in [5, 5.41) is 0.918. The number of hydrogen-bond donors (Lipinski definition) is 1. The number of para-hydroxylation sites is 1. The summed E-state index contributed by atoms with van der Waals surface area (Å²) in [7, 11) is 0. The molecule has 0 unspecified atom stereocenters. The highest BCUT2D eigenvalue weighted by Gasteiger charge is 2.27. The Balaban J connectivity index is 1.64. The zero-order valence-corrected chi connectivity index (χ0v) is 11.1. The molecule has 0 atom stereocenters. The van der Waals surface area contributed by atoms with Gasteiger partial charge < -0.3 is 15.1 Å². The SMILES string of the molecule is Nc1ncc2c(n1)CN(C(=O)c1cc3ccccc3o1)C2. The Morgan fingerprint density at radius 3 is 3.00 bits per heavy atom. The van der Waals surface area contributed by atoms with E-state index in [9.17, 15) is 4.79 Å². The first-order valence-electron chi connectivity index (χ1n) is 6.59. The summed E-state index contributed by atoms with van der Waals surface area (Å²) >= 11 is 0. The van der Waals surface area contributed by atoms with Crippen LogP contribution >= 0.6 is 0 Å². The second-order valence-corrected chi connectivity index (χ2v) is 5.01. The summed E-state index contributed by atoms with van der Waals surface area (Å²) in [5.74, 6) is 0.416. The van der Waals surface area contributed by atoms with Crippen molar-refractivity contribution < 1.29 is 9.21 Å². The van der Waals surface area contributed by atoms with Gasteiger partial charge in [-0.1, -0.05) is 18.2 Å². The van der Waals surface area contributed by atoms with E-state index in [4.69, 9.17) is 10.2 Å². The molecular weight excluding hydrogens is 268 g/mol. The van der Waals surface area contributed by atoms with Crippen molar-refractivity contribution in [2.45, 2.75) is 13.1 Å². The maximum absolute atomic E-state index is 12.5. The van der Waals surface area contributed by atoms with E-state index in [0.717, 1.165) is 16.6 Å². The van der Waals surface area contributed by atoms with Crippen LogP contribution in [0.5, 0.6) is 0 Å². The van der Waals surface area contributed by atoms with Crippen LogP contribution in [0.4, 0.5) is 5.95 Å². The molecule has 2 N–H and O–H groups in total. The Bertz CT molecular complexity index is 823. The summed E-state index contributed by atoms with van der Waals surface area (Å²) in [5.41, 5.74) is 8.00. The average molecular weight is 280 g/mol. The molecule has 6 heteroatoms. The van der Waals surface area contributed by atoms with Gasteiger partial charge in [0.25, 0.3) is 5.91 Å². The van der Waals surface area contributed by atoms with Crippen molar-refractivity contribution in [2.24, 2.45) is 0 Å². The number of nitrogens with zero attached hydrogens (tertiary/aromatic N) is 3. The average Bonchev–Trinajstić information content (AvgIpc) is 3.09. The van der Waals surface area contributed by atoms with Gasteiger partial charge >= 0.3 is 0 Å². The first-order chi connectivity index (χ1) is 10.2. The maximum atomic E-state index is 12.5. The maximum Gasteiger partial charge on any atom is 0.290 e. The van der Waals surface area contributed by atoms with Gasteiger partial charge in [-0.05, 0) is 12.1 Å². The van der Waals surface area contributed by atoms with Crippen LogP contribution in [-0.4, -0.2) is 20.8 Å². The van der Waals surface area contributed by atoms with Crippen molar-refractivity contribution >= 4 is 22.8 Å². The second-order valence-electron chi connectivity index (χ2n) is 5.01. The highest BCUT2D eigenvalue weighted by Crippen LogP contribution is 2.25. The molecule has 21 heavy (non-hydrogen) atoms. The molecule has 1 aromatic carbocycles. The molecule has 4 rings (SSSR count). The minimum atomic E-state index is -0.150. The third-order valence-electron chi connectivity index (χ3n) is 3.60. The Labute approximate surface area is 120 Å².